The van der Waals surface area contributed by atoms with Crippen LogP contribution in [0.15, 0.2) is 103 Å². The summed E-state index contributed by atoms with van der Waals surface area (Å²) in [5, 5.41) is 15.9. The summed E-state index contributed by atoms with van der Waals surface area (Å²) < 4.78 is 5.87. The molecule has 0 radical (unpaired) electrons. The first-order valence-corrected chi connectivity index (χ1v) is 15.6. The average Bonchev–Trinajstić information content (AvgIpc) is 3.04. The van der Waals surface area contributed by atoms with Gasteiger partial charge in [-0.2, -0.15) is 0 Å². The van der Waals surface area contributed by atoms with Crippen LogP contribution >= 0.6 is 0 Å². The van der Waals surface area contributed by atoms with Gasteiger partial charge in [0.1, 0.15) is 6.61 Å². The summed E-state index contributed by atoms with van der Waals surface area (Å²) in [6.07, 6.45) is 8.25. The first kappa shape index (κ1) is 32.7. The fourth-order valence-electron chi connectivity index (χ4n) is 5.59. The molecule has 4 atom stereocenters. The standard InChI is InChI=1S/C37H44N2O5/c40-26-33(23-29-16-8-4-9-17-29)38-35(41)25-31-20-12-1-2-13-21-32(22-28-14-6-3-7-15-28)37(43)44-27-34(39-36(31)42)24-30-18-10-5-11-19-30/h1,3-12,14-19,31-34,40H,2,13,20-27H2,(H,38,41)(H,39,42). The summed E-state index contributed by atoms with van der Waals surface area (Å²) in [6.45, 7) is -0.156. The number of benzene rings is 3. The molecule has 2 amide bonds. The van der Waals surface area contributed by atoms with E-state index in [1.165, 1.54) is 0 Å². The van der Waals surface area contributed by atoms with E-state index in [0.29, 0.717) is 32.1 Å². The molecule has 0 aliphatic carbocycles. The molecular weight excluding hydrogens is 552 g/mol. The lowest BCUT2D eigenvalue weighted by Crippen LogP contribution is -2.45. The maximum absolute atomic E-state index is 13.6. The number of amides is 2. The van der Waals surface area contributed by atoms with Crippen molar-refractivity contribution in [1.82, 2.24) is 10.6 Å². The zero-order valence-corrected chi connectivity index (χ0v) is 25.3. The molecule has 0 saturated carbocycles. The number of aliphatic hydroxyl groups excluding tert-OH is 1. The van der Waals surface area contributed by atoms with Crippen molar-refractivity contribution < 1.29 is 24.2 Å². The molecule has 1 aliphatic heterocycles. The fraction of sp³-hybridized carbons (Fsp3) is 0.378. The minimum atomic E-state index is -0.606. The number of hydrogen-bond acceptors (Lipinski definition) is 5. The second kappa shape index (κ2) is 17.8. The number of nitrogens with one attached hydrogen (secondary N) is 2. The van der Waals surface area contributed by atoms with Crippen LogP contribution in [0.2, 0.25) is 0 Å². The van der Waals surface area contributed by atoms with E-state index in [2.05, 4.69) is 10.6 Å². The molecule has 0 spiro atoms. The molecule has 4 unspecified atom stereocenters. The van der Waals surface area contributed by atoms with E-state index in [1.54, 1.807) is 0 Å². The van der Waals surface area contributed by atoms with Gasteiger partial charge in [0.25, 0.3) is 0 Å². The number of carbonyl (C=O) groups is 3. The van der Waals surface area contributed by atoms with Gasteiger partial charge >= 0.3 is 5.97 Å². The minimum Gasteiger partial charge on any atom is -0.463 e. The molecule has 4 rings (SSSR count). The molecule has 3 N–H and O–H groups in total. The zero-order valence-electron chi connectivity index (χ0n) is 25.3. The Hall–Kier alpha value is -4.23. The van der Waals surface area contributed by atoms with Gasteiger partial charge in [-0.3, -0.25) is 14.4 Å². The molecule has 232 valence electrons. The number of aliphatic hydroxyl groups is 1. The fourth-order valence-corrected chi connectivity index (χ4v) is 5.59. The van der Waals surface area contributed by atoms with E-state index in [-0.39, 0.29) is 43.3 Å². The molecule has 0 fully saturated rings. The Balaban J connectivity index is 1.46. The van der Waals surface area contributed by atoms with Crippen LogP contribution in [0, 0.1) is 11.8 Å². The van der Waals surface area contributed by atoms with E-state index >= 15 is 0 Å². The third-order valence-corrected chi connectivity index (χ3v) is 7.98. The van der Waals surface area contributed by atoms with Gasteiger partial charge in [-0.05, 0) is 61.6 Å². The monoisotopic (exact) mass is 596 g/mol. The molecule has 0 aromatic heterocycles. The Kier molecular flexibility index (Phi) is 13.2. The maximum Gasteiger partial charge on any atom is 0.309 e. The molecule has 44 heavy (non-hydrogen) atoms. The van der Waals surface area contributed by atoms with E-state index in [4.69, 9.17) is 4.74 Å². The third kappa shape index (κ3) is 11.1. The minimum absolute atomic E-state index is 0.0154. The van der Waals surface area contributed by atoms with Crippen LogP contribution in [0.25, 0.3) is 0 Å². The van der Waals surface area contributed by atoms with Gasteiger partial charge in [-0.15, -0.1) is 0 Å². The van der Waals surface area contributed by atoms with E-state index < -0.39 is 18.0 Å². The van der Waals surface area contributed by atoms with Gasteiger partial charge in [-0.1, -0.05) is 103 Å². The SMILES string of the molecule is O=C(CC1CC=CCCCC(Cc2ccccc2)C(=O)OCC(Cc2ccccc2)NC1=O)NC(CO)Cc1ccccc1. The number of esters is 1. The number of hydrogen-bond donors (Lipinski definition) is 3. The summed E-state index contributed by atoms with van der Waals surface area (Å²) >= 11 is 0. The Labute approximate surface area is 260 Å². The van der Waals surface area contributed by atoms with Crippen molar-refractivity contribution in [1.29, 1.82) is 0 Å². The van der Waals surface area contributed by atoms with E-state index in [9.17, 15) is 19.5 Å². The predicted octanol–water partition coefficient (Wildman–Crippen LogP) is 4.97. The van der Waals surface area contributed by atoms with Crippen LogP contribution in [-0.2, 0) is 38.4 Å². The number of allylic oxidation sites excluding steroid dienone is 2. The van der Waals surface area contributed by atoms with Crippen molar-refractivity contribution in [3.63, 3.8) is 0 Å². The first-order chi connectivity index (χ1) is 21.5. The number of cyclic esters (lactones) is 1. The van der Waals surface area contributed by atoms with Crippen molar-refractivity contribution in [2.45, 2.75) is 63.5 Å². The first-order valence-electron chi connectivity index (χ1n) is 15.6. The Bertz CT molecular complexity index is 1330. The van der Waals surface area contributed by atoms with Crippen molar-refractivity contribution >= 4 is 17.8 Å². The van der Waals surface area contributed by atoms with Gasteiger partial charge in [0.15, 0.2) is 0 Å². The lowest BCUT2D eigenvalue weighted by Gasteiger charge is -2.24. The quantitative estimate of drug-likeness (QED) is 0.226. The van der Waals surface area contributed by atoms with Gasteiger partial charge < -0.3 is 20.5 Å². The highest BCUT2D eigenvalue weighted by molar-refractivity contribution is 5.86. The summed E-state index contributed by atoms with van der Waals surface area (Å²) in [5.74, 6) is -1.68. The highest BCUT2D eigenvalue weighted by Crippen LogP contribution is 2.20. The molecule has 3 aromatic carbocycles. The van der Waals surface area contributed by atoms with Crippen LogP contribution in [0.5, 0.6) is 0 Å². The van der Waals surface area contributed by atoms with Crippen LogP contribution < -0.4 is 10.6 Å². The summed E-state index contributed by atoms with van der Waals surface area (Å²) in [6, 6.07) is 28.5. The van der Waals surface area contributed by atoms with Crippen molar-refractivity contribution in [3.8, 4) is 0 Å². The molecule has 7 heteroatoms. The highest BCUT2D eigenvalue weighted by Gasteiger charge is 2.27. The molecule has 1 aliphatic rings. The van der Waals surface area contributed by atoms with Crippen LogP contribution in [0.1, 0.15) is 48.8 Å². The number of carbonyl (C=O) groups excluding carboxylic acids is 3. The maximum atomic E-state index is 13.6. The van der Waals surface area contributed by atoms with E-state index in [1.807, 2.05) is 103 Å². The van der Waals surface area contributed by atoms with Crippen molar-refractivity contribution in [2.24, 2.45) is 11.8 Å². The highest BCUT2D eigenvalue weighted by atomic mass is 16.5. The van der Waals surface area contributed by atoms with Gasteiger partial charge in [-0.25, -0.2) is 0 Å². The molecule has 7 nitrogen and oxygen atoms in total. The van der Waals surface area contributed by atoms with E-state index in [0.717, 1.165) is 29.5 Å². The predicted molar refractivity (Wildman–Crippen MR) is 172 cm³/mol. The molecule has 0 saturated heterocycles. The van der Waals surface area contributed by atoms with Gasteiger partial charge in [0.05, 0.1) is 30.5 Å². The lowest BCUT2D eigenvalue weighted by molar-refractivity contribution is -0.150. The lowest BCUT2D eigenvalue weighted by atomic mass is 9.93. The average molecular weight is 597 g/mol. The summed E-state index contributed by atoms with van der Waals surface area (Å²) in [7, 11) is 0. The molecular formula is C37H44N2O5. The van der Waals surface area contributed by atoms with Crippen LogP contribution in [0.4, 0.5) is 0 Å². The summed E-state index contributed by atoms with van der Waals surface area (Å²) in [5.41, 5.74) is 3.11. The topological polar surface area (TPSA) is 105 Å². The second-order valence-corrected chi connectivity index (χ2v) is 11.6. The third-order valence-electron chi connectivity index (χ3n) is 7.98. The van der Waals surface area contributed by atoms with Crippen LogP contribution in [0.3, 0.4) is 0 Å². The molecule has 0 bridgehead atoms. The largest absolute Gasteiger partial charge is 0.463 e. The Morgan fingerprint density at radius 2 is 1.45 bits per heavy atom. The Morgan fingerprint density at radius 3 is 2.09 bits per heavy atom. The molecule has 3 aromatic rings. The van der Waals surface area contributed by atoms with Gasteiger partial charge in [0, 0.05) is 6.42 Å². The number of rotatable bonds is 10. The normalized spacial score (nSPS) is 20.5. The zero-order chi connectivity index (χ0) is 31.0. The Morgan fingerprint density at radius 1 is 0.841 bits per heavy atom. The smallest absolute Gasteiger partial charge is 0.309 e. The summed E-state index contributed by atoms with van der Waals surface area (Å²) in [4.78, 5) is 40.1. The number of ether oxygens (including phenoxy) is 1. The van der Waals surface area contributed by atoms with Gasteiger partial charge in [0.2, 0.25) is 11.8 Å². The van der Waals surface area contributed by atoms with Crippen LogP contribution in [-0.4, -0.2) is 48.2 Å². The van der Waals surface area contributed by atoms with Crippen molar-refractivity contribution in [2.75, 3.05) is 13.2 Å². The second-order valence-electron chi connectivity index (χ2n) is 11.6. The van der Waals surface area contributed by atoms with Crippen molar-refractivity contribution in [3.05, 3.63) is 120 Å². The molecule has 1 heterocycles.